The van der Waals surface area contributed by atoms with E-state index in [1.165, 1.54) is 0 Å². The molecule has 2 rings (SSSR count). The van der Waals surface area contributed by atoms with Crippen LogP contribution < -0.4 is 10.6 Å². The first kappa shape index (κ1) is 16.0. The Hall–Kier alpha value is -2.34. The minimum atomic E-state index is -0.347. The van der Waals surface area contributed by atoms with E-state index in [0.29, 0.717) is 12.2 Å². The van der Waals surface area contributed by atoms with E-state index in [1.807, 2.05) is 43.3 Å². The molecular formula is C16H22N4O2. The molecule has 0 fully saturated rings. The first-order chi connectivity index (χ1) is 10.6. The molecule has 1 atom stereocenters. The van der Waals surface area contributed by atoms with Gasteiger partial charge in [-0.1, -0.05) is 37.3 Å². The Kier molecular flexibility index (Phi) is 5.55. The number of aryl methyl sites for hydroxylation is 2. The van der Waals surface area contributed by atoms with Crippen LogP contribution in [-0.4, -0.2) is 33.6 Å². The molecule has 1 aromatic carbocycles. The van der Waals surface area contributed by atoms with Gasteiger partial charge in [-0.15, -0.1) is 0 Å². The monoisotopic (exact) mass is 302 g/mol. The average molecular weight is 302 g/mol. The van der Waals surface area contributed by atoms with Crippen LogP contribution in [-0.2, 0) is 19.9 Å². The van der Waals surface area contributed by atoms with Crippen molar-refractivity contribution >= 4 is 11.8 Å². The molecule has 2 aromatic rings. The number of aliphatic hydroxyl groups excluding tert-OH is 1. The van der Waals surface area contributed by atoms with Gasteiger partial charge in [0.25, 0.3) is 0 Å². The van der Waals surface area contributed by atoms with E-state index in [9.17, 15) is 9.90 Å². The lowest BCUT2D eigenvalue weighted by Crippen LogP contribution is -2.41. The second kappa shape index (κ2) is 7.61. The van der Waals surface area contributed by atoms with Gasteiger partial charge in [-0.25, -0.2) is 4.79 Å². The SMILES string of the molecule is CCc1cc(NC(=O)N[C@H](CO)Cc2ccccc2)n(C)n1. The van der Waals surface area contributed by atoms with E-state index < -0.39 is 0 Å². The highest BCUT2D eigenvalue weighted by molar-refractivity contribution is 5.88. The maximum Gasteiger partial charge on any atom is 0.320 e. The number of carbonyl (C=O) groups is 1. The topological polar surface area (TPSA) is 79.2 Å². The molecule has 1 aromatic heterocycles. The van der Waals surface area contributed by atoms with Gasteiger partial charge in [0.15, 0.2) is 0 Å². The second-order valence-corrected chi connectivity index (χ2v) is 5.17. The van der Waals surface area contributed by atoms with Crippen LogP contribution in [0, 0.1) is 0 Å². The number of aliphatic hydroxyl groups is 1. The average Bonchev–Trinajstić information content (AvgIpc) is 2.87. The van der Waals surface area contributed by atoms with Crippen molar-refractivity contribution in [3.05, 3.63) is 47.7 Å². The summed E-state index contributed by atoms with van der Waals surface area (Å²) in [5.41, 5.74) is 1.98. The molecule has 3 N–H and O–H groups in total. The van der Waals surface area contributed by atoms with Crippen molar-refractivity contribution in [2.24, 2.45) is 7.05 Å². The zero-order valence-electron chi connectivity index (χ0n) is 12.9. The van der Waals surface area contributed by atoms with Gasteiger partial charge in [-0.3, -0.25) is 10.00 Å². The van der Waals surface area contributed by atoms with Gasteiger partial charge in [0.1, 0.15) is 5.82 Å². The van der Waals surface area contributed by atoms with E-state index in [-0.39, 0.29) is 18.7 Å². The zero-order chi connectivity index (χ0) is 15.9. The molecule has 0 unspecified atom stereocenters. The van der Waals surface area contributed by atoms with Gasteiger partial charge in [-0.05, 0) is 18.4 Å². The Morgan fingerprint density at radius 2 is 2.09 bits per heavy atom. The summed E-state index contributed by atoms with van der Waals surface area (Å²) in [5.74, 6) is 0.630. The Bertz CT molecular complexity index is 610. The number of nitrogens with one attached hydrogen (secondary N) is 2. The number of nitrogens with zero attached hydrogens (tertiary/aromatic N) is 2. The zero-order valence-corrected chi connectivity index (χ0v) is 12.9. The van der Waals surface area contributed by atoms with Crippen LogP contribution in [0.25, 0.3) is 0 Å². The van der Waals surface area contributed by atoms with E-state index >= 15 is 0 Å². The number of benzene rings is 1. The molecule has 0 aliphatic carbocycles. The summed E-state index contributed by atoms with van der Waals surface area (Å²) in [7, 11) is 1.78. The van der Waals surface area contributed by atoms with E-state index in [4.69, 9.17) is 0 Å². The van der Waals surface area contributed by atoms with Gasteiger partial charge in [0.05, 0.1) is 18.3 Å². The van der Waals surface area contributed by atoms with E-state index in [2.05, 4.69) is 15.7 Å². The van der Waals surface area contributed by atoms with Crippen LogP contribution in [0.2, 0.25) is 0 Å². The quantitative estimate of drug-likeness (QED) is 0.760. The summed E-state index contributed by atoms with van der Waals surface area (Å²) in [6.07, 6.45) is 1.39. The minimum Gasteiger partial charge on any atom is -0.394 e. The summed E-state index contributed by atoms with van der Waals surface area (Å²) < 4.78 is 1.63. The first-order valence-electron chi connectivity index (χ1n) is 7.37. The van der Waals surface area contributed by atoms with E-state index in [1.54, 1.807) is 11.7 Å². The standard InChI is InChI=1S/C16H22N4O2/c1-3-13-10-15(20(2)19-13)18-16(22)17-14(11-21)9-12-7-5-4-6-8-12/h4-8,10,14,21H,3,9,11H2,1-2H3,(H2,17,18,22)/t14-/m0/s1. The molecule has 1 heterocycles. The Balaban J connectivity index is 1.93. The lowest BCUT2D eigenvalue weighted by molar-refractivity contribution is 0.224. The smallest absolute Gasteiger partial charge is 0.320 e. The van der Waals surface area contributed by atoms with Crippen molar-refractivity contribution in [3.8, 4) is 0 Å². The van der Waals surface area contributed by atoms with Crippen molar-refractivity contribution in [3.63, 3.8) is 0 Å². The number of anilines is 1. The molecule has 6 heteroatoms. The number of amides is 2. The van der Waals surface area contributed by atoms with Gasteiger partial charge in [-0.2, -0.15) is 5.10 Å². The molecule has 0 spiro atoms. The summed E-state index contributed by atoms with van der Waals surface area (Å²) in [6.45, 7) is 1.89. The van der Waals surface area contributed by atoms with Gasteiger partial charge < -0.3 is 10.4 Å². The van der Waals surface area contributed by atoms with Crippen LogP contribution in [0.3, 0.4) is 0 Å². The number of aromatic nitrogens is 2. The molecule has 0 radical (unpaired) electrons. The predicted octanol–water partition coefficient (Wildman–Crippen LogP) is 1.71. The van der Waals surface area contributed by atoms with Crippen LogP contribution in [0.15, 0.2) is 36.4 Å². The van der Waals surface area contributed by atoms with Gasteiger partial charge >= 0.3 is 6.03 Å². The fourth-order valence-corrected chi connectivity index (χ4v) is 2.21. The van der Waals surface area contributed by atoms with Crippen molar-refractivity contribution in [1.82, 2.24) is 15.1 Å². The summed E-state index contributed by atoms with van der Waals surface area (Å²) in [6, 6.07) is 10.9. The summed E-state index contributed by atoms with van der Waals surface area (Å²) in [5, 5.41) is 19.2. The van der Waals surface area contributed by atoms with Crippen molar-refractivity contribution in [2.45, 2.75) is 25.8 Å². The van der Waals surface area contributed by atoms with Crippen LogP contribution in [0.5, 0.6) is 0 Å². The highest BCUT2D eigenvalue weighted by Crippen LogP contribution is 2.09. The summed E-state index contributed by atoms with van der Waals surface area (Å²) in [4.78, 5) is 12.0. The summed E-state index contributed by atoms with van der Waals surface area (Å²) >= 11 is 0. The largest absolute Gasteiger partial charge is 0.394 e. The molecule has 0 aliphatic heterocycles. The second-order valence-electron chi connectivity index (χ2n) is 5.17. The molecule has 0 saturated heterocycles. The third-order valence-corrected chi connectivity index (χ3v) is 3.41. The molecule has 22 heavy (non-hydrogen) atoms. The number of hydrogen-bond acceptors (Lipinski definition) is 3. The predicted molar refractivity (Wildman–Crippen MR) is 85.8 cm³/mol. The van der Waals surface area contributed by atoms with Gasteiger partial charge in [0, 0.05) is 13.1 Å². The first-order valence-corrected chi connectivity index (χ1v) is 7.37. The van der Waals surface area contributed by atoms with E-state index in [0.717, 1.165) is 17.7 Å². The third-order valence-electron chi connectivity index (χ3n) is 3.41. The molecule has 0 aliphatic rings. The lowest BCUT2D eigenvalue weighted by Gasteiger charge is -2.17. The fourth-order valence-electron chi connectivity index (χ4n) is 2.21. The lowest BCUT2D eigenvalue weighted by atomic mass is 10.1. The highest BCUT2D eigenvalue weighted by Gasteiger charge is 2.13. The van der Waals surface area contributed by atoms with Crippen molar-refractivity contribution in [1.29, 1.82) is 0 Å². The minimum absolute atomic E-state index is 0.117. The Morgan fingerprint density at radius 3 is 2.68 bits per heavy atom. The number of urea groups is 1. The Morgan fingerprint density at radius 1 is 1.36 bits per heavy atom. The van der Waals surface area contributed by atoms with Crippen LogP contribution >= 0.6 is 0 Å². The molecule has 118 valence electrons. The molecule has 2 amide bonds. The van der Waals surface area contributed by atoms with Gasteiger partial charge in [0.2, 0.25) is 0 Å². The number of rotatable bonds is 6. The molecule has 0 saturated carbocycles. The highest BCUT2D eigenvalue weighted by atomic mass is 16.3. The molecule has 0 bridgehead atoms. The maximum absolute atomic E-state index is 12.0. The maximum atomic E-state index is 12.0. The fraction of sp³-hybridized carbons (Fsp3) is 0.375. The number of hydrogen-bond donors (Lipinski definition) is 3. The van der Waals surface area contributed by atoms with Crippen molar-refractivity contribution < 1.29 is 9.90 Å². The molecule has 6 nitrogen and oxygen atoms in total. The Labute approximate surface area is 130 Å². The normalized spacial score (nSPS) is 12.0. The van der Waals surface area contributed by atoms with Crippen molar-refractivity contribution in [2.75, 3.05) is 11.9 Å². The number of carbonyl (C=O) groups excluding carboxylic acids is 1. The van der Waals surface area contributed by atoms with Crippen LogP contribution in [0.1, 0.15) is 18.2 Å². The third kappa shape index (κ3) is 4.33. The molecular weight excluding hydrogens is 280 g/mol. The van der Waals surface area contributed by atoms with Crippen LogP contribution in [0.4, 0.5) is 10.6 Å².